The van der Waals surface area contributed by atoms with E-state index in [1.165, 1.54) is 22.3 Å². The SMILES string of the molecule is C=C/C=C\C1=C(/C)C(=C)C(=C)/C=C\CCCN(c2nc(-c3ccccc3)c3ccccc3n2)CC[C@@H]1C1=C/C(=C)[C@H](C)C(/C=C\C=C)N(c2ccc(-c3ccccc3)cc2)C/C=C\1. The molecule has 0 saturated carbocycles. The highest BCUT2D eigenvalue weighted by Gasteiger charge is 2.28. The zero-order valence-electron chi connectivity index (χ0n) is 37.0. The topological polar surface area (TPSA) is 32.3 Å². The van der Waals surface area contributed by atoms with Crippen LogP contribution in [-0.2, 0) is 0 Å². The summed E-state index contributed by atoms with van der Waals surface area (Å²) in [6.07, 6.45) is 26.2. The predicted octanol–water partition coefficient (Wildman–Crippen LogP) is 14.6. The van der Waals surface area contributed by atoms with E-state index in [1.807, 2.05) is 24.3 Å². The van der Waals surface area contributed by atoms with Crippen LogP contribution >= 0.6 is 0 Å². The van der Waals surface area contributed by atoms with Crippen LogP contribution in [0.3, 0.4) is 0 Å². The van der Waals surface area contributed by atoms with Gasteiger partial charge in [-0.1, -0.05) is 198 Å². The Bertz CT molecular complexity index is 2630. The van der Waals surface area contributed by atoms with E-state index in [1.54, 1.807) is 0 Å². The normalized spacial score (nSPS) is 22.6. The zero-order valence-corrected chi connectivity index (χ0v) is 37.0. The van der Waals surface area contributed by atoms with Crippen molar-refractivity contribution >= 4 is 22.5 Å². The van der Waals surface area contributed by atoms with Crippen molar-refractivity contribution in [2.24, 2.45) is 11.8 Å². The molecule has 0 spiro atoms. The van der Waals surface area contributed by atoms with Crippen molar-refractivity contribution in [1.82, 2.24) is 9.97 Å². The number of nitrogens with zero attached hydrogens (tertiary/aromatic N) is 4. The van der Waals surface area contributed by atoms with E-state index in [0.29, 0.717) is 6.54 Å². The first-order chi connectivity index (χ1) is 30.8. The van der Waals surface area contributed by atoms with Gasteiger partial charge in [0.05, 0.1) is 17.3 Å². The van der Waals surface area contributed by atoms with Crippen molar-refractivity contribution in [3.8, 4) is 22.4 Å². The number of fused-ring (bicyclic) bond motifs is 1. The number of benzene rings is 4. The monoisotopic (exact) mass is 824 g/mol. The quantitative estimate of drug-likeness (QED) is 0.139. The van der Waals surface area contributed by atoms with Crippen molar-refractivity contribution in [2.45, 2.75) is 39.2 Å². The van der Waals surface area contributed by atoms with Gasteiger partial charge in [0, 0.05) is 48.1 Å². The number of rotatable bonds is 9. The molecule has 316 valence electrons. The van der Waals surface area contributed by atoms with Gasteiger partial charge in [0.25, 0.3) is 0 Å². The molecule has 2 aliphatic heterocycles. The first-order valence-electron chi connectivity index (χ1n) is 22.2. The number of hydrogen-bond acceptors (Lipinski definition) is 4. The summed E-state index contributed by atoms with van der Waals surface area (Å²) in [5.74, 6) is 0.785. The van der Waals surface area contributed by atoms with E-state index < -0.39 is 0 Å². The van der Waals surface area contributed by atoms with Gasteiger partial charge in [-0.25, -0.2) is 9.97 Å². The van der Waals surface area contributed by atoms with E-state index in [4.69, 9.17) is 16.5 Å². The van der Waals surface area contributed by atoms with Crippen LogP contribution < -0.4 is 9.80 Å². The third kappa shape index (κ3) is 10.5. The maximum Gasteiger partial charge on any atom is 0.226 e. The Morgan fingerprint density at radius 2 is 1.40 bits per heavy atom. The second-order valence-electron chi connectivity index (χ2n) is 16.4. The fourth-order valence-electron chi connectivity index (χ4n) is 8.68. The summed E-state index contributed by atoms with van der Waals surface area (Å²) in [5, 5.41) is 1.04. The van der Waals surface area contributed by atoms with Crippen LogP contribution in [0, 0.1) is 11.8 Å². The first-order valence-corrected chi connectivity index (χ1v) is 22.2. The Morgan fingerprint density at radius 1 is 0.714 bits per heavy atom. The fourth-order valence-corrected chi connectivity index (χ4v) is 8.68. The first kappa shape index (κ1) is 44.0. The van der Waals surface area contributed by atoms with E-state index in [9.17, 15) is 0 Å². The highest BCUT2D eigenvalue weighted by atomic mass is 15.2. The molecule has 0 bridgehead atoms. The molecule has 4 heteroatoms. The average molecular weight is 825 g/mol. The zero-order chi connectivity index (χ0) is 44.1. The number of allylic oxidation sites excluding steroid dienone is 14. The van der Waals surface area contributed by atoms with Crippen LogP contribution in [0.2, 0.25) is 0 Å². The van der Waals surface area contributed by atoms with Crippen LogP contribution in [0.25, 0.3) is 33.3 Å². The van der Waals surface area contributed by atoms with Gasteiger partial charge >= 0.3 is 0 Å². The van der Waals surface area contributed by atoms with E-state index in [0.717, 1.165) is 88.4 Å². The average Bonchev–Trinajstić information content (AvgIpc) is 3.38. The van der Waals surface area contributed by atoms with Crippen LogP contribution in [0.5, 0.6) is 0 Å². The highest BCUT2D eigenvalue weighted by Crippen LogP contribution is 2.38. The molecule has 0 saturated heterocycles. The molecule has 5 aromatic rings. The van der Waals surface area contributed by atoms with Gasteiger partial charge in [-0.2, -0.15) is 0 Å². The lowest BCUT2D eigenvalue weighted by atomic mass is 9.80. The minimum absolute atomic E-state index is 0.0324. The molecule has 63 heavy (non-hydrogen) atoms. The van der Waals surface area contributed by atoms with Crippen LogP contribution in [0.1, 0.15) is 33.1 Å². The molecule has 0 N–H and O–H groups in total. The molecule has 3 atom stereocenters. The molecule has 7 rings (SSSR count). The van der Waals surface area contributed by atoms with Gasteiger partial charge in [0.1, 0.15) is 0 Å². The summed E-state index contributed by atoms with van der Waals surface area (Å²) in [6, 6.07) is 38.3. The number of para-hydroxylation sites is 1. The summed E-state index contributed by atoms with van der Waals surface area (Å²) in [5.41, 5.74) is 12.9. The Morgan fingerprint density at radius 3 is 2.13 bits per heavy atom. The van der Waals surface area contributed by atoms with Crippen molar-refractivity contribution < 1.29 is 0 Å². The van der Waals surface area contributed by atoms with Crippen LogP contribution in [-0.4, -0.2) is 35.6 Å². The largest absolute Gasteiger partial charge is 0.361 e. The van der Waals surface area contributed by atoms with Gasteiger partial charge < -0.3 is 9.80 Å². The number of aromatic nitrogens is 2. The van der Waals surface area contributed by atoms with Gasteiger partial charge in [-0.05, 0) is 89.0 Å². The van der Waals surface area contributed by atoms with Crippen molar-refractivity contribution in [3.05, 3.63) is 242 Å². The second kappa shape index (κ2) is 21.2. The smallest absolute Gasteiger partial charge is 0.226 e. The van der Waals surface area contributed by atoms with Crippen molar-refractivity contribution in [2.75, 3.05) is 29.4 Å². The standard InChI is InChI=1S/C59H60N4/c1-8-10-30-53-47(7)45(5)43(3)24-15-14-22-39-62(59-60-56-32-21-20-31-55(56)58(61-59)50-27-18-13-19-28-50)41-38-54(53)51-29-23-40-63(57(33-11-9-2)46(6)44(4)42-51)52-36-34-49(35-37-52)48-25-16-12-17-26-48/h8-13,15-21,23-37,42,46,54,57H,1-5,14,22,38-41H2,6-7H3/b24-15-,29-23-,30-10-,33-11-,51-42+,53-47-/t46-,54+,57?/m0/s1. The molecule has 1 aromatic heterocycles. The Hall–Kier alpha value is -7.04. The molecule has 0 radical (unpaired) electrons. The van der Waals surface area contributed by atoms with Crippen LogP contribution in [0.15, 0.2) is 242 Å². The summed E-state index contributed by atoms with van der Waals surface area (Å²) in [6.45, 7) is 28.7. The fraction of sp³-hybridized carbons (Fsp3) is 0.186. The lowest BCUT2D eigenvalue weighted by molar-refractivity contribution is 0.567. The Balaban J connectivity index is 1.33. The summed E-state index contributed by atoms with van der Waals surface area (Å²) >= 11 is 0. The van der Waals surface area contributed by atoms with Gasteiger partial charge in [0.15, 0.2) is 0 Å². The molecule has 2 aliphatic rings. The van der Waals surface area contributed by atoms with E-state index >= 15 is 0 Å². The molecule has 0 fully saturated rings. The van der Waals surface area contributed by atoms with Crippen molar-refractivity contribution in [1.29, 1.82) is 0 Å². The summed E-state index contributed by atoms with van der Waals surface area (Å²) in [4.78, 5) is 15.5. The number of hydrogen-bond donors (Lipinski definition) is 0. The highest BCUT2D eigenvalue weighted by molar-refractivity contribution is 5.93. The molecule has 3 heterocycles. The second-order valence-corrected chi connectivity index (χ2v) is 16.4. The minimum Gasteiger partial charge on any atom is -0.361 e. The lowest BCUT2D eigenvalue weighted by Crippen LogP contribution is -2.39. The predicted molar refractivity (Wildman–Crippen MR) is 272 cm³/mol. The number of anilines is 2. The van der Waals surface area contributed by atoms with Gasteiger partial charge in [-0.3, -0.25) is 0 Å². The third-order valence-corrected chi connectivity index (χ3v) is 12.4. The van der Waals surface area contributed by atoms with E-state index in [2.05, 4.69) is 202 Å². The van der Waals surface area contributed by atoms with Crippen LogP contribution in [0.4, 0.5) is 11.6 Å². The summed E-state index contributed by atoms with van der Waals surface area (Å²) in [7, 11) is 0. The molecule has 0 aliphatic carbocycles. The molecular formula is C59H60N4. The maximum absolute atomic E-state index is 5.35. The van der Waals surface area contributed by atoms with Gasteiger partial charge in [0.2, 0.25) is 5.95 Å². The van der Waals surface area contributed by atoms with E-state index in [-0.39, 0.29) is 17.9 Å². The van der Waals surface area contributed by atoms with Gasteiger partial charge in [-0.15, -0.1) is 0 Å². The molecular weight excluding hydrogens is 765 g/mol. The molecule has 4 aromatic carbocycles. The third-order valence-electron chi connectivity index (χ3n) is 12.4. The van der Waals surface area contributed by atoms with Crippen molar-refractivity contribution in [3.63, 3.8) is 0 Å². The Kier molecular flexibility index (Phi) is 14.8. The molecule has 4 nitrogen and oxygen atoms in total. The molecule has 0 amide bonds. The Labute approximate surface area is 376 Å². The lowest BCUT2D eigenvalue weighted by Gasteiger charge is -2.35. The summed E-state index contributed by atoms with van der Waals surface area (Å²) < 4.78 is 0. The minimum atomic E-state index is -0.0360. The molecule has 1 unspecified atom stereocenters. The maximum atomic E-state index is 5.35.